The summed E-state index contributed by atoms with van der Waals surface area (Å²) in [5, 5.41) is 14.2. The molecule has 0 atom stereocenters. The summed E-state index contributed by atoms with van der Waals surface area (Å²) < 4.78 is 2.02. The van der Waals surface area contributed by atoms with Crippen molar-refractivity contribution in [1.29, 1.82) is 0 Å². The molecule has 0 aliphatic rings. The number of aliphatic carboxylic acids is 1. The fourth-order valence-electron chi connectivity index (χ4n) is 4.37. The number of rotatable bonds is 12. The van der Waals surface area contributed by atoms with E-state index in [1.54, 1.807) is 0 Å². The molecule has 0 saturated carbocycles. The summed E-state index contributed by atoms with van der Waals surface area (Å²) in [7, 11) is 1.94. The Labute approximate surface area is 231 Å². The second-order valence-electron chi connectivity index (χ2n) is 9.31. The first kappa shape index (κ1) is 28.9. The van der Waals surface area contributed by atoms with Crippen LogP contribution in [0.3, 0.4) is 0 Å². The largest absolute Gasteiger partial charge is 1.00 e. The fraction of sp³-hybridized carbons (Fsp3) is 0.379. The van der Waals surface area contributed by atoms with Crippen molar-refractivity contribution in [3.05, 3.63) is 88.2 Å². The van der Waals surface area contributed by atoms with Gasteiger partial charge >= 0.3 is 29.6 Å². The van der Waals surface area contributed by atoms with Crippen molar-refractivity contribution in [2.45, 2.75) is 59.4 Å². The van der Waals surface area contributed by atoms with Crippen LogP contribution in [-0.4, -0.2) is 16.3 Å². The molecular formula is C29H35N2NaO3. The standard InChI is InChI=1S/C29H36N2O3.Na/c1-5-27-26(18-25(31(27)4)10-7-11-28(32)33)29(34)23-8-6-9-24(17-23)30-19-22-14-12-21(13-15-22)16-20(2)3;/h6,8-9,12-15,17-18,20,30H,5,7,10-11,16,19H2,1-4H3,(H,32,33);/q;+1/p-1. The molecule has 3 rings (SSSR count). The minimum atomic E-state index is -1.04. The molecular weight excluding hydrogens is 447 g/mol. The molecule has 180 valence electrons. The van der Waals surface area contributed by atoms with Crippen molar-refractivity contribution in [1.82, 2.24) is 4.57 Å². The first-order valence-corrected chi connectivity index (χ1v) is 12.1. The number of aromatic nitrogens is 1. The molecule has 0 aliphatic heterocycles. The number of carboxylic acid groups (broad SMARTS) is 1. The normalized spacial score (nSPS) is 10.8. The zero-order valence-corrected chi connectivity index (χ0v) is 23.7. The molecule has 0 aliphatic carbocycles. The second-order valence-corrected chi connectivity index (χ2v) is 9.31. The Morgan fingerprint density at radius 2 is 1.71 bits per heavy atom. The van der Waals surface area contributed by atoms with Crippen LogP contribution >= 0.6 is 0 Å². The molecule has 0 amide bonds. The summed E-state index contributed by atoms with van der Waals surface area (Å²) >= 11 is 0. The molecule has 1 aromatic heterocycles. The van der Waals surface area contributed by atoms with Gasteiger partial charge in [-0.1, -0.05) is 57.2 Å². The molecule has 3 aromatic rings. The Bertz CT molecular complexity index is 1130. The smallest absolute Gasteiger partial charge is 0.550 e. The van der Waals surface area contributed by atoms with Gasteiger partial charge in [-0.2, -0.15) is 0 Å². The number of anilines is 1. The molecule has 0 unspecified atom stereocenters. The molecule has 1 N–H and O–H groups in total. The number of aryl methyl sites for hydroxylation is 1. The van der Waals surface area contributed by atoms with Crippen LogP contribution in [0, 0.1) is 5.92 Å². The molecule has 0 saturated heterocycles. The third-order valence-corrected chi connectivity index (χ3v) is 6.14. The molecule has 35 heavy (non-hydrogen) atoms. The first-order valence-electron chi connectivity index (χ1n) is 12.1. The van der Waals surface area contributed by atoms with Crippen LogP contribution in [0.15, 0.2) is 54.6 Å². The van der Waals surface area contributed by atoms with Gasteiger partial charge in [-0.05, 0) is 67.3 Å². The maximum absolute atomic E-state index is 13.4. The molecule has 0 bridgehead atoms. The van der Waals surface area contributed by atoms with Gasteiger partial charge in [0.2, 0.25) is 0 Å². The number of benzene rings is 2. The number of carbonyl (C=O) groups excluding carboxylic acids is 2. The van der Waals surface area contributed by atoms with Crippen molar-refractivity contribution in [3.8, 4) is 0 Å². The number of nitrogens with zero attached hydrogens (tertiary/aromatic N) is 1. The van der Waals surface area contributed by atoms with Crippen LogP contribution in [0.2, 0.25) is 0 Å². The number of nitrogens with one attached hydrogen (secondary N) is 1. The Hall–Kier alpha value is -2.34. The summed E-state index contributed by atoms with van der Waals surface area (Å²) in [6, 6.07) is 18.2. The van der Waals surface area contributed by atoms with Crippen molar-refractivity contribution < 1.29 is 44.3 Å². The zero-order chi connectivity index (χ0) is 24.7. The van der Waals surface area contributed by atoms with Crippen LogP contribution in [0.5, 0.6) is 0 Å². The Morgan fingerprint density at radius 1 is 1.03 bits per heavy atom. The summed E-state index contributed by atoms with van der Waals surface area (Å²) in [5.41, 5.74) is 6.71. The predicted octanol–water partition coefficient (Wildman–Crippen LogP) is 1.71. The molecule has 0 radical (unpaired) electrons. The summed E-state index contributed by atoms with van der Waals surface area (Å²) in [6.45, 7) is 7.16. The third-order valence-electron chi connectivity index (χ3n) is 6.14. The number of hydrogen-bond donors (Lipinski definition) is 1. The Balaban J connectivity index is 0.00000432. The minimum Gasteiger partial charge on any atom is -0.550 e. The minimum absolute atomic E-state index is 0. The maximum atomic E-state index is 13.4. The van der Waals surface area contributed by atoms with Crippen LogP contribution in [-0.2, 0) is 37.6 Å². The van der Waals surface area contributed by atoms with Crippen LogP contribution < -0.4 is 40.0 Å². The van der Waals surface area contributed by atoms with E-state index in [0.717, 1.165) is 29.9 Å². The molecule has 5 nitrogen and oxygen atoms in total. The SMILES string of the molecule is CCc1c(C(=O)c2cccc(NCc3ccc(CC(C)C)cc3)c2)cc(CCCC(=O)[O-])n1C.[Na+]. The van der Waals surface area contributed by atoms with Gasteiger partial charge in [0.05, 0.1) is 0 Å². The van der Waals surface area contributed by atoms with Gasteiger partial charge in [-0.3, -0.25) is 4.79 Å². The fourth-order valence-corrected chi connectivity index (χ4v) is 4.37. The van der Waals surface area contributed by atoms with Gasteiger partial charge in [0.15, 0.2) is 5.78 Å². The summed E-state index contributed by atoms with van der Waals surface area (Å²) in [5.74, 6) is -0.419. The number of carboxylic acids is 1. The van der Waals surface area contributed by atoms with Crippen LogP contribution in [0.25, 0.3) is 0 Å². The zero-order valence-electron chi connectivity index (χ0n) is 21.7. The van der Waals surface area contributed by atoms with E-state index < -0.39 is 5.97 Å². The van der Waals surface area contributed by atoms with E-state index in [9.17, 15) is 14.7 Å². The van der Waals surface area contributed by atoms with E-state index in [0.29, 0.717) is 36.4 Å². The number of ketones is 1. The van der Waals surface area contributed by atoms with Gasteiger partial charge in [-0.15, -0.1) is 0 Å². The second kappa shape index (κ2) is 13.7. The van der Waals surface area contributed by atoms with E-state index >= 15 is 0 Å². The molecule has 0 spiro atoms. The Kier molecular flexibility index (Phi) is 11.3. The van der Waals surface area contributed by atoms with E-state index in [2.05, 4.69) is 43.4 Å². The van der Waals surface area contributed by atoms with Gasteiger partial charge in [-0.25, -0.2) is 0 Å². The number of hydrogen-bond acceptors (Lipinski definition) is 4. The quantitative estimate of drug-likeness (QED) is 0.315. The van der Waals surface area contributed by atoms with Gasteiger partial charge in [0.1, 0.15) is 0 Å². The molecule has 6 heteroatoms. The Morgan fingerprint density at radius 3 is 2.34 bits per heavy atom. The average Bonchev–Trinajstić information content (AvgIpc) is 3.13. The molecule has 2 aromatic carbocycles. The topological polar surface area (TPSA) is 74.2 Å². The van der Waals surface area contributed by atoms with E-state index in [4.69, 9.17) is 0 Å². The number of carbonyl (C=O) groups is 2. The van der Waals surface area contributed by atoms with Crippen molar-refractivity contribution in [2.75, 3.05) is 5.32 Å². The van der Waals surface area contributed by atoms with Gasteiger partial charge in [0.25, 0.3) is 0 Å². The van der Waals surface area contributed by atoms with Crippen LogP contribution in [0.4, 0.5) is 5.69 Å². The van der Waals surface area contributed by atoms with E-state index in [1.165, 1.54) is 11.1 Å². The van der Waals surface area contributed by atoms with Gasteiger partial charge < -0.3 is 19.8 Å². The first-order chi connectivity index (χ1) is 16.3. The average molecular weight is 483 g/mol. The molecule has 1 heterocycles. The van der Waals surface area contributed by atoms with Crippen molar-refractivity contribution >= 4 is 17.4 Å². The monoisotopic (exact) mass is 482 g/mol. The van der Waals surface area contributed by atoms with E-state index in [-0.39, 0.29) is 41.8 Å². The predicted molar refractivity (Wildman–Crippen MR) is 135 cm³/mol. The van der Waals surface area contributed by atoms with Crippen molar-refractivity contribution in [2.24, 2.45) is 13.0 Å². The van der Waals surface area contributed by atoms with E-state index in [1.807, 2.05) is 48.9 Å². The van der Waals surface area contributed by atoms with Crippen LogP contribution in [0.1, 0.15) is 72.0 Å². The third kappa shape index (κ3) is 8.09. The summed E-state index contributed by atoms with van der Waals surface area (Å²) in [4.78, 5) is 24.1. The van der Waals surface area contributed by atoms with Gasteiger partial charge in [0, 0.05) is 47.8 Å². The van der Waals surface area contributed by atoms with Crippen molar-refractivity contribution in [3.63, 3.8) is 0 Å². The summed E-state index contributed by atoms with van der Waals surface area (Å²) in [6.07, 6.45) is 2.92. The maximum Gasteiger partial charge on any atom is 1.00 e. The molecule has 0 fully saturated rings.